The molecule has 0 amide bonds. The molecule has 0 radical (unpaired) electrons. The first-order valence-electron chi connectivity index (χ1n) is 5.51. The van der Waals surface area contributed by atoms with Gasteiger partial charge < -0.3 is 10.4 Å². The standard InChI is InChI=1S/C13H11BrFNO2S/c1-7(12-9(14)4-5-19-12)16-11-6-8(13(17)18)2-3-10(11)15/h2-7,16H,1H3,(H,17,18). The number of carbonyl (C=O) groups is 1. The number of nitrogens with one attached hydrogen (secondary N) is 1. The molecule has 1 heterocycles. The average Bonchev–Trinajstić information content (AvgIpc) is 2.78. The van der Waals surface area contributed by atoms with Crippen molar-refractivity contribution in [3.63, 3.8) is 0 Å². The van der Waals surface area contributed by atoms with Crippen LogP contribution in [0.3, 0.4) is 0 Å². The Morgan fingerprint density at radius 1 is 1.47 bits per heavy atom. The van der Waals surface area contributed by atoms with Crippen LogP contribution < -0.4 is 5.32 Å². The Labute approximate surface area is 122 Å². The van der Waals surface area contributed by atoms with Gasteiger partial charge in [0.05, 0.1) is 17.3 Å². The van der Waals surface area contributed by atoms with E-state index >= 15 is 0 Å². The normalized spacial score (nSPS) is 12.2. The third kappa shape index (κ3) is 3.13. The lowest BCUT2D eigenvalue weighted by Gasteiger charge is -2.15. The number of hydrogen-bond donors (Lipinski definition) is 2. The van der Waals surface area contributed by atoms with Gasteiger partial charge in [-0.3, -0.25) is 0 Å². The fourth-order valence-electron chi connectivity index (χ4n) is 1.68. The molecule has 2 aromatic rings. The maximum atomic E-state index is 13.7. The van der Waals surface area contributed by atoms with Crippen LogP contribution in [0.1, 0.15) is 28.2 Å². The van der Waals surface area contributed by atoms with Crippen LogP contribution in [0.5, 0.6) is 0 Å². The van der Waals surface area contributed by atoms with Crippen LogP contribution in [0.4, 0.5) is 10.1 Å². The molecule has 2 rings (SSSR count). The first-order valence-corrected chi connectivity index (χ1v) is 7.18. The minimum absolute atomic E-state index is 0.0568. The number of anilines is 1. The molecule has 1 aromatic heterocycles. The fraction of sp³-hybridized carbons (Fsp3) is 0.154. The Morgan fingerprint density at radius 2 is 2.21 bits per heavy atom. The lowest BCUT2D eigenvalue weighted by atomic mass is 10.1. The van der Waals surface area contributed by atoms with Crippen molar-refractivity contribution in [1.29, 1.82) is 0 Å². The van der Waals surface area contributed by atoms with Gasteiger partial charge in [-0.15, -0.1) is 11.3 Å². The SMILES string of the molecule is CC(Nc1cc(C(=O)O)ccc1F)c1sccc1Br. The van der Waals surface area contributed by atoms with E-state index in [-0.39, 0.29) is 17.3 Å². The molecule has 19 heavy (non-hydrogen) atoms. The molecule has 0 aliphatic carbocycles. The quantitative estimate of drug-likeness (QED) is 0.857. The second-order valence-electron chi connectivity index (χ2n) is 4.00. The van der Waals surface area contributed by atoms with Gasteiger partial charge in [0, 0.05) is 9.35 Å². The Kier molecular flexibility index (Phi) is 4.21. The van der Waals surface area contributed by atoms with Crippen LogP contribution in [-0.2, 0) is 0 Å². The molecule has 3 nitrogen and oxygen atoms in total. The molecule has 1 aromatic carbocycles. The number of hydrogen-bond acceptors (Lipinski definition) is 3. The second kappa shape index (κ2) is 5.71. The molecule has 0 saturated heterocycles. The van der Waals surface area contributed by atoms with Crippen molar-refractivity contribution < 1.29 is 14.3 Å². The number of thiophene rings is 1. The molecule has 0 fully saturated rings. The summed E-state index contributed by atoms with van der Waals surface area (Å²) in [6.45, 7) is 1.89. The van der Waals surface area contributed by atoms with Gasteiger partial charge in [0.2, 0.25) is 0 Å². The Balaban J connectivity index is 2.26. The Bertz CT molecular complexity index is 614. The van der Waals surface area contributed by atoms with E-state index in [0.717, 1.165) is 15.4 Å². The molecule has 100 valence electrons. The summed E-state index contributed by atoms with van der Waals surface area (Å²) in [5.41, 5.74) is 0.244. The van der Waals surface area contributed by atoms with Crippen LogP contribution in [0, 0.1) is 5.82 Å². The lowest BCUT2D eigenvalue weighted by molar-refractivity contribution is 0.0697. The molecule has 0 aliphatic rings. The molecule has 0 saturated carbocycles. The fourth-order valence-corrected chi connectivity index (χ4v) is 3.41. The summed E-state index contributed by atoms with van der Waals surface area (Å²) in [5, 5.41) is 13.8. The third-order valence-electron chi connectivity index (χ3n) is 2.62. The molecule has 2 N–H and O–H groups in total. The highest BCUT2D eigenvalue weighted by atomic mass is 79.9. The molecule has 1 atom stereocenters. The predicted octanol–water partition coefficient (Wildman–Crippen LogP) is 4.52. The lowest BCUT2D eigenvalue weighted by Crippen LogP contribution is -2.08. The van der Waals surface area contributed by atoms with Crippen LogP contribution in [0.2, 0.25) is 0 Å². The summed E-state index contributed by atoms with van der Waals surface area (Å²) < 4.78 is 14.6. The van der Waals surface area contributed by atoms with E-state index in [1.807, 2.05) is 18.4 Å². The minimum Gasteiger partial charge on any atom is -0.478 e. The van der Waals surface area contributed by atoms with Gasteiger partial charge in [-0.05, 0) is 52.5 Å². The van der Waals surface area contributed by atoms with Crippen molar-refractivity contribution in [2.24, 2.45) is 0 Å². The van der Waals surface area contributed by atoms with E-state index in [0.29, 0.717) is 0 Å². The zero-order valence-electron chi connectivity index (χ0n) is 9.98. The van der Waals surface area contributed by atoms with Crippen molar-refractivity contribution >= 4 is 38.9 Å². The smallest absolute Gasteiger partial charge is 0.335 e. The van der Waals surface area contributed by atoms with Gasteiger partial charge in [-0.25, -0.2) is 9.18 Å². The van der Waals surface area contributed by atoms with Gasteiger partial charge >= 0.3 is 5.97 Å². The van der Waals surface area contributed by atoms with E-state index in [1.54, 1.807) is 11.3 Å². The average molecular weight is 344 g/mol. The molecule has 0 spiro atoms. The number of halogens is 2. The number of rotatable bonds is 4. The molecule has 0 aliphatic heterocycles. The van der Waals surface area contributed by atoms with E-state index in [9.17, 15) is 9.18 Å². The third-order valence-corrected chi connectivity index (χ3v) is 4.68. The zero-order chi connectivity index (χ0) is 14.0. The maximum Gasteiger partial charge on any atom is 0.335 e. The highest BCUT2D eigenvalue weighted by Crippen LogP contribution is 2.31. The van der Waals surface area contributed by atoms with Crippen molar-refractivity contribution in [3.8, 4) is 0 Å². The monoisotopic (exact) mass is 343 g/mol. The van der Waals surface area contributed by atoms with E-state index in [1.165, 1.54) is 12.1 Å². The Hall–Kier alpha value is -1.40. The van der Waals surface area contributed by atoms with Crippen molar-refractivity contribution in [2.45, 2.75) is 13.0 Å². The number of benzene rings is 1. The number of carboxylic acid groups (broad SMARTS) is 1. The van der Waals surface area contributed by atoms with Crippen molar-refractivity contribution in [1.82, 2.24) is 0 Å². The topological polar surface area (TPSA) is 49.3 Å². The Morgan fingerprint density at radius 3 is 2.79 bits per heavy atom. The summed E-state index contributed by atoms with van der Waals surface area (Å²) >= 11 is 4.96. The molecule has 6 heteroatoms. The van der Waals surface area contributed by atoms with Crippen LogP contribution in [0.25, 0.3) is 0 Å². The summed E-state index contributed by atoms with van der Waals surface area (Å²) in [5.74, 6) is -1.54. The van der Waals surface area contributed by atoms with Gasteiger partial charge in [0.25, 0.3) is 0 Å². The zero-order valence-corrected chi connectivity index (χ0v) is 12.4. The predicted molar refractivity (Wildman–Crippen MR) is 77.4 cm³/mol. The number of aromatic carboxylic acids is 1. The summed E-state index contributed by atoms with van der Waals surface area (Å²) in [6.07, 6.45) is 0. The molecule has 0 bridgehead atoms. The van der Waals surface area contributed by atoms with Gasteiger partial charge in [0.1, 0.15) is 5.82 Å². The van der Waals surface area contributed by atoms with E-state index < -0.39 is 11.8 Å². The molecular formula is C13H11BrFNO2S. The summed E-state index contributed by atoms with van der Waals surface area (Å²) in [6, 6.07) is 5.50. The summed E-state index contributed by atoms with van der Waals surface area (Å²) in [7, 11) is 0. The minimum atomic E-state index is -1.08. The first kappa shape index (κ1) is 14.0. The highest BCUT2D eigenvalue weighted by Gasteiger charge is 2.14. The second-order valence-corrected chi connectivity index (χ2v) is 5.80. The van der Waals surface area contributed by atoms with Crippen LogP contribution in [0.15, 0.2) is 34.1 Å². The van der Waals surface area contributed by atoms with Crippen LogP contribution in [-0.4, -0.2) is 11.1 Å². The molecule has 1 unspecified atom stereocenters. The van der Waals surface area contributed by atoms with Crippen molar-refractivity contribution in [2.75, 3.05) is 5.32 Å². The van der Waals surface area contributed by atoms with Gasteiger partial charge in [-0.2, -0.15) is 0 Å². The molecular weight excluding hydrogens is 333 g/mol. The number of carboxylic acids is 1. The van der Waals surface area contributed by atoms with E-state index in [2.05, 4.69) is 21.2 Å². The summed E-state index contributed by atoms with van der Waals surface area (Å²) in [4.78, 5) is 11.9. The van der Waals surface area contributed by atoms with Gasteiger partial charge in [0.15, 0.2) is 0 Å². The maximum absolute atomic E-state index is 13.7. The highest BCUT2D eigenvalue weighted by molar-refractivity contribution is 9.10. The van der Waals surface area contributed by atoms with Crippen LogP contribution >= 0.6 is 27.3 Å². The first-order chi connectivity index (χ1) is 8.99. The van der Waals surface area contributed by atoms with Crippen molar-refractivity contribution in [3.05, 3.63) is 50.4 Å². The largest absolute Gasteiger partial charge is 0.478 e. The van der Waals surface area contributed by atoms with Gasteiger partial charge in [-0.1, -0.05) is 0 Å². The van der Waals surface area contributed by atoms with E-state index in [4.69, 9.17) is 5.11 Å².